The maximum absolute atomic E-state index is 13.8. The van der Waals surface area contributed by atoms with Gasteiger partial charge in [0.15, 0.2) is 16.3 Å². The highest BCUT2D eigenvalue weighted by molar-refractivity contribution is 7.71. The Kier molecular flexibility index (Phi) is 3.32. The van der Waals surface area contributed by atoms with Crippen LogP contribution in [0.4, 0.5) is 4.39 Å². The number of imidazole rings is 1. The molecule has 1 saturated carbocycles. The molecule has 0 unspecified atom stereocenters. The summed E-state index contributed by atoms with van der Waals surface area (Å²) in [4.78, 5) is 3.10. The molecule has 1 aliphatic rings. The van der Waals surface area contributed by atoms with Crippen molar-refractivity contribution in [3.8, 4) is 5.75 Å². The minimum absolute atomic E-state index is 0.263. The predicted molar refractivity (Wildman–Crippen MR) is 80.2 cm³/mol. The lowest BCUT2D eigenvalue weighted by Gasteiger charge is -2.41. The van der Waals surface area contributed by atoms with Gasteiger partial charge >= 0.3 is 0 Å². The molecule has 0 bridgehead atoms. The van der Waals surface area contributed by atoms with Crippen LogP contribution < -0.4 is 4.74 Å². The number of aromatic nitrogens is 2. The second kappa shape index (κ2) is 4.88. The first-order chi connectivity index (χ1) is 9.58. The average Bonchev–Trinajstić information content (AvgIpc) is 2.67. The molecule has 0 saturated heterocycles. The summed E-state index contributed by atoms with van der Waals surface area (Å²) in [5.74, 6) is -0.100. The zero-order valence-corrected chi connectivity index (χ0v) is 12.6. The summed E-state index contributed by atoms with van der Waals surface area (Å²) in [6.07, 6.45) is 4.94. The fraction of sp³-hybridized carbons (Fsp3) is 0.533. The lowest BCUT2D eigenvalue weighted by Crippen LogP contribution is -2.33. The predicted octanol–water partition coefficient (Wildman–Crippen LogP) is 4.43. The zero-order chi connectivity index (χ0) is 14.3. The van der Waals surface area contributed by atoms with E-state index in [9.17, 15) is 4.39 Å². The van der Waals surface area contributed by atoms with Crippen LogP contribution in [0.1, 0.15) is 32.6 Å². The molecule has 3 nitrogen and oxygen atoms in total. The summed E-state index contributed by atoms with van der Waals surface area (Å²) in [6.45, 7) is 3.13. The van der Waals surface area contributed by atoms with E-state index in [2.05, 4.69) is 16.5 Å². The number of ether oxygens (including phenoxy) is 1. The first-order valence-corrected chi connectivity index (χ1v) is 7.45. The quantitative estimate of drug-likeness (QED) is 0.846. The fourth-order valence-electron chi connectivity index (χ4n) is 3.11. The minimum atomic E-state index is -0.364. The number of halogens is 1. The van der Waals surface area contributed by atoms with Crippen LogP contribution >= 0.6 is 12.2 Å². The van der Waals surface area contributed by atoms with Crippen molar-refractivity contribution in [2.75, 3.05) is 7.11 Å². The largest absolute Gasteiger partial charge is 0.494 e. The maximum Gasteiger partial charge on any atom is 0.178 e. The summed E-state index contributed by atoms with van der Waals surface area (Å²) >= 11 is 5.41. The molecule has 1 fully saturated rings. The van der Waals surface area contributed by atoms with Crippen LogP contribution in [0, 0.1) is 16.0 Å². The van der Waals surface area contributed by atoms with Crippen LogP contribution in [0.2, 0.25) is 0 Å². The van der Waals surface area contributed by atoms with E-state index in [0.29, 0.717) is 10.2 Å². The molecule has 1 heterocycles. The first-order valence-electron chi connectivity index (χ1n) is 7.04. The number of hydrogen-bond acceptors (Lipinski definition) is 2. The Hall–Kier alpha value is -1.36. The molecule has 3 rings (SSSR count). The van der Waals surface area contributed by atoms with Crippen LogP contribution in [-0.2, 0) is 6.54 Å². The Morgan fingerprint density at radius 1 is 1.45 bits per heavy atom. The van der Waals surface area contributed by atoms with Gasteiger partial charge in [0.05, 0.1) is 18.1 Å². The van der Waals surface area contributed by atoms with Crippen LogP contribution in [-0.4, -0.2) is 16.7 Å². The molecular formula is C15H19FN2OS. The number of rotatable bonds is 4. The smallest absolute Gasteiger partial charge is 0.178 e. The van der Waals surface area contributed by atoms with Crippen molar-refractivity contribution >= 4 is 23.3 Å². The van der Waals surface area contributed by atoms with Crippen molar-refractivity contribution in [1.29, 1.82) is 0 Å². The number of nitrogens with one attached hydrogen (secondary N) is 1. The van der Waals surface area contributed by atoms with E-state index >= 15 is 0 Å². The molecular weight excluding hydrogens is 275 g/mol. The Labute approximate surface area is 122 Å². The van der Waals surface area contributed by atoms with Gasteiger partial charge in [0.25, 0.3) is 0 Å². The summed E-state index contributed by atoms with van der Waals surface area (Å²) in [5.41, 5.74) is 2.02. The van der Waals surface area contributed by atoms with Gasteiger partial charge in [-0.25, -0.2) is 4.39 Å². The minimum Gasteiger partial charge on any atom is -0.494 e. The third-order valence-corrected chi connectivity index (χ3v) is 5.03. The third-order valence-electron chi connectivity index (χ3n) is 4.71. The highest BCUT2D eigenvalue weighted by Gasteiger charge is 2.35. The van der Waals surface area contributed by atoms with Gasteiger partial charge in [0.2, 0.25) is 0 Å². The summed E-state index contributed by atoms with van der Waals surface area (Å²) in [7, 11) is 1.48. The lowest BCUT2D eigenvalue weighted by molar-refractivity contribution is 0.101. The maximum atomic E-state index is 13.8. The number of benzene rings is 1. The van der Waals surface area contributed by atoms with Crippen molar-refractivity contribution in [2.45, 2.75) is 39.2 Å². The number of nitrogens with zero attached hydrogens (tertiary/aromatic N) is 1. The van der Waals surface area contributed by atoms with Gasteiger partial charge in [-0.15, -0.1) is 0 Å². The standard InChI is InChI=1S/C15H19FN2OS/c1-3-15(5-4-6-15)9-18-12-8-13(19-2)10(16)7-11(12)17-14(18)20/h7-8H,3-6,9H2,1-2H3,(H,17,20). The Morgan fingerprint density at radius 3 is 2.75 bits per heavy atom. The molecule has 1 aromatic heterocycles. The molecule has 0 amide bonds. The third kappa shape index (κ3) is 2.04. The molecule has 1 N–H and O–H groups in total. The van der Waals surface area contributed by atoms with Crippen LogP contribution in [0.5, 0.6) is 5.75 Å². The number of fused-ring (bicyclic) bond motifs is 1. The van der Waals surface area contributed by atoms with E-state index in [0.717, 1.165) is 24.0 Å². The highest BCUT2D eigenvalue weighted by atomic mass is 32.1. The number of H-pyrrole nitrogens is 1. The van der Waals surface area contributed by atoms with Crippen molar-refractivity contribution in [3.05, 3.63) is 22.7 Å². The Morgan fingerprint density at radius 2 is 2.20 bits per heavy atom. The monoisotopic (exact) mass is 294 g/mol. The van der Waals surface area contributed by atoms with E-state index in [1.54, 1.807) is 6.07 Å². The van der Waals surface area contributed by atoms with Crippen molar-refractivity contribution in [1.82, 2.24) is 9.55 Å². The van der Waals surface area contributed by atoms with Gasteiger partial charge in [0, 0.05) is 18.7 Å². The Balaban J connectivity index is 2.10. The van der Waals surface area contributed by atoms with Gasteiger partial charge in [-0.3, -0.25) is 0 Å². The van der Waals surface area contributed by atoms with Crippen molar-refractivity contribution in [2.24, 2.45) is 5.41 Å². The van der Waals surface area contributed by atoms with E-state index in [-0.39, 0.29) is 11.6 Å². The van der Waals surface area contributed by atoms with Crippen molar-refractivity contribution < 1.29 is 9.13 Å². The van der Waals surface area contributed by atoms with E-state index < -0.39 is 0 Å². The molecule has 0 radical (unpaired) electrons. The molecule has 0 aliphatic heterocycles. The molecule has 1 aromatic carbocycles. The number of hydrogen-bond donors (Lipinski definition) is 1. The molecule has 1 aliphatic carbocycles. The van der Waals surface area contributed by atoms with Crippen LogP contribution in [0.3, 0.4) is 0 Å². The summed E-state index contributed by atoms with van der Waals surface area (Å²) < 4.78 is 21.6. The molecule has 20 heavy (non-hydrogen) atoms. The average molecular weight is 294 g/mol. The zero-order valence-electron chi connectivity index (χ0n) is 11.8. The molecule has 0 atom stereocenters. The number of aromatic amines is 1. The fourth-order valence-corrected chi connectivity index (χ4v) is 3.38. The topological polar surface area (TPSA) is 29.9 Å². The first kappa shape index (κ1) is 13.6. The summed E-state index contributed by atoms with van der Waals surface area (Å²) in [5, 5.41) is 0. The normalized spacial score (nSPS) is 17.1. The lowest BCUT2D eigenvalue weighted by atomic mass is 9.67. The van der Waals surface area contributed by atoms with Gasteiger partial charge in [-0.1, -0.05) is 13.3 Å². The SMILES string of the molecule is CCC1(Cn2c(=S)[nH]c3cc(F)c(OC)cc32)CCC1. The van der Waals surface area contributed by atoms with Crippen LogP contribution in [0.25, 0.3) is 11.0 Å². The molecule has 5 heteroatoms. The number of methoxy groups -OCH3 is 1. The van der Waals surface area contributed by atoms with Gasteiger partial charge in [-0.05, 0) is 36.9 Å². The van der Waals surface area contributed by atoms with Crippen molar-refractivity contribution in [3.63, 3.8) is 0 Å². The molecule has 2 aromatic rings. The second-order valence-corrected chi connectivity index (χ2v) is 6.11. The second-order valence-electron chi connectivity index (χ2n) is 5.73. The van der Waals surface area contributed by atoms with E-state index in [4.69, 9.17) is 17.0 Å². The van der Waals surface area contributed by atoms with Gasteiger partial charge in [-0.2, -0.15) is 0 Å². The highest BCUT2D eigenvalue weighted by Crippen LogP contribution is 2.45. The summed E-state index contributed by atoms with van der Waals surface area (Å²) in [6, 6.07) is 3.19. The Bertz CT molecular complexity index is 694. The molecule has 108 valence electrons. The van der Waals surface area contributed by atoms with E-state index in [1.165, 1.54) is 32.4 Å². The van der Waals surface area contributed by atoms with Crippen LogP contribution in [0.15, 0.2) is 12.1 Å². The van der Waals surface area contributed by atoms with Gasteiger partial charge < -0.3 is 14.3 Å². The van der Waals surface area contributed by atoms with Gasteiger partial charge in [0.1, 0.15) is 0 Å². The molecule has 0 spiro atoms. The van der Waals surface area contributed by atoms with E-state index in [1.807, 2.05) is 0 Å².